The first kappa shape index (κ1) is 19.3. The Kier molecular flexibility index (Phi) is 4.63. The average Bonchev–Trinajstić information content (AvgIpc) is 3.62. The van der Waals surface area contributed by atoms with E-state index in [0.29, 0.717) is 19.5 Å². The minimum absolute atomic E-state index is 0.167. The van der Waals surface area contributed by atoms with E-state index in [0.717, 1.165) is 46.4 Å². The molecule has 0 saturated heterocycles. The van der Waals surface area contributed by atoms with Gasteiger partial charge in [-0.15, -0.1) is 0 Å². The Morgan fingerprint density at radius 2 is 1.90 bits per heavy atom. The van der Waals surface area contributed by atoms with Gasteiger partial charge in [-0.25, -0.2) is 13.2 Å². The molecule has 1 fully saturated rings. The van der Waals surface area contributed by atoms with Crippen LogP contribution in [0.25, 0.3) is 16.7 Å². The number of fused-ring (bicyclic) bond motifs is 1. The molecule has 3 aliphatic rings. The van der Waals surface area contributed by atoms with Crippen molar-refractivity contribution < 1.29 is 17.9 Å². The summed E-state index contributed by atoms with van der Waals surface area (Å²) in [6.07, 6.45) is 7.56. The highest BCUT2D eigenvalue weighted by molar-refractivity contribution is 7.90. The van der Waals surface area contributed by atoms with Crippen molar-refractivity contribution >= 4 is 27.4 Å². The fraction of sp³-hybridized carbons (Fsp3) is 0.364. The number of pyridine rings is 1. The second kappa shape index (κ2) is 7.21. The van der Waals surface area contributed by atoms with Crippen molar-refractivity contribution in [2.45, 2.75) is 31.1 Å². The van der Waals surface area contributed by atoms with Gasteiger partial charge in [0.1, 0.15) is 6.61 Å². The molecule has 30 heavy (non-hydrogen) atoms. The molecule has 1 aliphatic carbocycles. The molecule has 7 nitrogen and oxygen atoms in total. The second-order valence-corrected chi connectivity index (χ2v) is 10.2. The lowest BCUT2D eigenvalue weighted by Gasteiger charge is -2.26. The summed E-state index contributed by atoms with van der Waals surface area (Å²) >= 11 is 0. The van der Waals surface area contributed by atoms with E-state index < -0.39 is 10.0 Å². The van der Waals surface area contributed by atoms with E-state index in [4.69, 9.17) is 4.74 Å². The number of carbonyl (C=O) groups excluding carboxylic acids is 1. The van der Waals surface area contributed by atoms with Gasteiger partial charge in [0.05, 0.1) is 10.9 Å². The monoisotopic (exact) mass is 425 g/mol. The molecule has 1 saturated carbocycles. The topological polar surface area (TPSA) is 79.8 Å². The molecule has 2 aromatic rings. The fourth-order valence-corrected chi connectivity index (χ4v) is 5.82. The molecule has 156 valence electrons. The third kappa shape index (κ3) is 3.40. The van der Waals surface area contributed by atoms with Crippen LogP contribution in [0.4, 0.5) is 10.5 Å². The van der Waals surface area contributed by atoms with Crippen LogP contribution in [-0.2, 0) is 21.4 Å². The number of amides is 1. The molecular weight excluding hydrogens is 402 g/mol. The van der Waals surface area contributed by atoms with Crippen LogP contribution in [0.5, 0.6) is 0 Å². The zero-order valence-corrected chi connectivity index (χ0v) is 17.6. The Morgan fingerprint density at radius 3 is 2.63 bits per heavy atom. The number of sulfonamides is 1. The van der Waals surface area contributed by atoms with Crippen LogP contribution in [-0.4, -0.2) is 49.2 Å². The predicted molar refractivity (Wildman–Crippen MR) is 114 cm³/mol. The standard InChI is InChI=1S/C22H23N3O4S/c1-24-21-5-2-16(10-19(21)14-29-22(24)26)18-11-17(12-23-13-18)15-6-8-25(9-7-15)30(27,28)20-3-4-20/h2,5-6,10-13,20H,3-4,7-9,14H2,1H3. The van der Waals surface area contributed by atoms with Crippen molar-refractivity contribution in [1.29, 1.82) is 0 Å². The second-order valence-electron chi connectivity index (χ2n) is 8.00. The minimum atomic E-state index is -3.13. The summed E-state index contributed by atoms with van der Waals surface area (Å²) in [6, 6.07) is 8.02. The number of benzene rings is 1. The van der Waals surface area contributed by atoms with Crippen molar-refractivity contribution in [2.75, 3.05) is 25.0 Å². The number of cyclic esters (lactones) is 1. The zero-order chi connectivity index (χ0) is 20.9. The van der Waals surface area contributed by atoms with E-state index in [1.165, 1.54) is 4.90 Å². The van der Waals surface area contributed by atoms with Crippen LogP contribution in [0.2, 0.25) is 0 Å². The van der Waals surface area contributed by atoms with Gasteiger partial charge in [-0.1, -0.05) is 12.1 Å². The van der Waals surface area contributed by atoms with E-state index in [-0.39, 0.29) is 18.0 Å². The minimum Gasteiger partial charge on any atom is -0.444 e. The highest BCUT2D eigenvalue weighted by Crippen LogP contribution is 2.35. The Hall–Kier alpha value is -2.71. The van der Waals surface area contributed by atoms with E-state index in [1.54, 1.807) is 11.4 Å². The Labute approximate surface area is 176 Å². The Balaban J connectivity index is 1.39. The maximum Gasteiger partial charge on any atom is 0.414 e. The molecule has 1 amide bonds. The summed E-state index contributed by atoms with van der Waals surface area (Å²) in [4.78, 5) is 17.6. The van der Waals surface area contributed by atoms with Gasteiger partial charge >= 0.3 is 6.09 Å². The summed E-state index contributed by atoms with van der Waals surface area (Å²) in [5.41, 5.74) is 5.92. The number of aromatic nitrogens is 1. The number of nitrogens with zero attached hydrogens (tertiary/aromatic N) is 3. The lowest BCUT2D eigenvalue weighted by Crippen LogP contribution is -2.36. The molecule has 1 aromatic heterocycles. The highest BCUT2D eigenvalue weighted by Gasteiger charge is 2.40. The van der Waals surface area contributed by atoms with Crippen LogP contribution in [0.15, 0.2) is 42.7 Å². The molecule has 0 spiro atoms. The molecule has 5 rings (SSSR count). The van der Waals surface area contributed by atoms with Crippen LogP contribution in [0.1, 0.15) is 30.4 Å². The normalized spacial score (nSPS) is 19.8. The van der Waals surface area contributed by atoms with Gasteiger partial charge in [-0.05, 0) is 54.2 Å². The predicted octanol–water partition coefficient (Wildman–Crippen LogP) is 3.42. The van der Waals surface area contributed by atoms with Crippen LogP contribution < -0.4 is 4.90 Å². The first-order valence-corrected chi connectivity index (χ1v) is 11.6. The van der Waals surface area contributed by atoms with Gasteiger partial charge in [0.15, 0.2) is 0 Å². The van der Waals surface area contributed by atoms with E-state index >= 15 is 0 Å². The lowest BCUT2D eigenvalue weighted by atomic mass is 9.97. The molecule has 3 heterocycles. The summed E-state index contributed by atoms with van der Waals surface area (Å²) < 4.78 is 31.7. The summed E-state index contributed by atoms with van der Waals surface area (Å²) in [6.45, 7) is 1.20. The molecule has 0 radical (unpaired) electrons. The van der Waals surface area contributed by atoms with Crippen LogP contribution >= 0.6 is 0 Å². The first-order chi connectivity index (χ1) is 14.4. The molecule has 1 aromatic carbocycles. The van der Waals surface area contributed by atoms with E-state index in [9.17, 15) is 13.2 Å². The van der Waals surface area contributed by atoms with Gasteiger partial charge in [0, 0.05) is 43.7 Å². The van der Waals surface area contributed by atoms with Gasteiger partial charge in [0.25, 0.3) is 0 Å². The number of hydrogen-bond donors (Lipinski definition) is 0. The number of anilines is 1. The Morgan fingerprint density at radius 1 is 1.10 bits per heavy atom. The van der Waals surface area contributed by atoms with E-state index in [1.807, 2.05) is 36.7 Å². The Bertz CT molecular complexity index is 1150. The first-order valence-electron chi connectivity index (χ1n) is 10.1. The van der Waals surface area contributed by atoms with Crippen molar-refractivity contribution in [3.8, 4) is 11.1 Å². The van der Waals surface area contributed by atoms with Crippen molar-refractivity contribution in [2.24, 2.45) is 0 Å². The largest absolute Gasteiger partial charge is 0.444 e. The third-order valence-electron chi connectivity index (χ3n) is 5.99. The third-order valence-corrected chi connectivity index (χ3v) is 8.35. The van der Waals surface area contributed by atoms with Crippen LogP contribution in [0, 0.1) is 0 Å². The lowest BCUT2D eigenvalue weighted by molar-refractivity contribution is 0.143. The van der Waals surface area contributed by atoms with Crippen molar-refractivity contribution in [3.63, 3.8) is 0 Å². The molecule has 2 aliphatic heterocycles. The number of ether oxygens (including phenoxy) is 1. The van der Waals surface area contributed by atoms with Gasteiger partial charge < -0.3 is 4.74 Å². The molecule has 8 heteroatoms. The van der Waals surface area contributed by atoms with Crippen LogP contribution in [0.3, 0.4) is 0 Å². The van der Waals surface area contributed by atoms with Crippen molar-refractivity contribution in [1.82, 2.24) is 9.29 Å². The quantitative estimate of drug-likeness (QED) is 0.750. The summed E-state index contributed by atoms with van der Waals surface area (Å²) in [5, 5.41) is -0.167. The average molecular weight is 426 g/mol. The van der Waals surface area contributed by atoms with Crippen molar-refractivity contribution in [3.05, 3.63) is 53.9 Å². The SMILES string of the molecule is CN1C(=O)OCc2cc(-c3cncc(C4=CCN(S(=O)(=O)C5CC5)CC4)c3)ccc21. The number of rotatable bonds is 4. The number of hydrogen-bond acceptors (Lipinski definition) is 5. The maximum absolute atomic E-state index is 12.4. The molecular formula is C22H23N3O4S. The smallest absolute Gasteiger partial charge is 0.414 e. The number of carbonyl (C=O) groups is 1. The van der Waals surface area contributed by atoms with Gasteiger partial charge in [0.2, 0.25) is 10.0 Å². The molecule has 0 unspecified atom stereocenters. The van der Waals surface area contributed by atoms with Gasteiger partial charge in [-0.3, -0.25) is 9.88 Å². The highest BCUT2D eigenvalue weighted by atomic mass is 32.2. The maximum atomic E-state index is 12.4. The summed E-state index contributed by atoms with van der Waals surface area (Å²) in [5.74, 6) is 0. The van der Waals surface area contributed by atoms with Gasteiger partial charge in [-0.2, -0.15) is 4.31 Å². The molecule has 0 N–H and O–H groups in total. The summed E-state index contributed by atoms with van der Waals surface area (Å²) in [7, 11) is -1.43. The van der Waals surface area contributed by atoms with E-state index in [2.05, 4.69) is 11.1 Å². The zero-order valence-electron chi connectivity index (χ0n) is 16.7. The fourth-order valence-electron chi connectivity index (χ4n) is 4.04. The molecule has 0 bridgehead atoms. The molecule has 0 atom stereocenters.